The Morgan fingerprint density at radius 3 is 2.43 bits per heavy atom. The van der Waals surface area contributed by atoms with E-state index in [1.165, 1.54) is 0 Å². The summed E-state index contributed by atoms with van der Waals surface area (Å²) in [6.45, 7) is 10.8. The van der Waals surface area contributed by atoms with Gasteiger partial charge in [-0.3, -0.25) is 0 Å². The van der Waals surface area contributed by atoms with Crippen molar-refractivity contribution in [2.75, 3.05) is 12.3 Å². The number of nitrogens with two attached hydrogens (primary N) is 1. The Morgan fingerprint density at radius 2 is 1.81 bits per heavy atom. The zero-order valence-electron chi connectivity index (χ0n) is 13.4. The topological polar surface area (TPSA) is 61.0 Å². The Bertz CT molecular complexity index is 645. The summed E-state index contributed by atoms with van der Waals surface area (Å²) in [5.41, 5.74) is 8.62. The molecule has 0 aliphatic carbocycles. The number of para-hydroxylation sites is 1. The van der Waals surface area contributed by atoms with Crippen LogP contribution >= 0.6 is 0 Å². The van der Waals surface area contributed by atoms with Crippen molar-refractivity contribution in [3.05, 3.63) is 35.7 Å². The lowest BCUT2D eigenvalue weighted by atomic mass is 9.94. The summed E-state index contributed by atoms with van der Waals surface area (Å²) in [4.78, 5) is 9.18. The molecule has 4 nitrogen and oxygen atoms in total. The molecule has 1 heterocycles. The van der Waals surface area contributed by atoms with Crippen LogP contribution in [0, 0.1) is 6.92 Å². The average molecular weight is 285 g/mol. The second-order valence-electron chi connectivity index (χ2n) is 6.09. The molecule has 2 rings (SSSR count). The number of nitrogens with zero attached hydrogens (tertiary/aromatic N) is 2. The molecule has 2 N–H and O–H groups in total. The van der Waals surface area contributed by atoms with Crippen molar-refractivity contribution >= 4 is 5.82 Å². The number of hydrogen-bond acceptors (Lipinski definition) is 4. The first-order chi connectivity index (χ1) is 9.84. The van der Waals surface area contributed by atoms with Crippen LogP contribution in [0.5, 0.6) is 5.75 Å². The van der Waals surface area contributed by atoms with Gasteiger partial charge in [0.1, 0.15) is 17.4 Å². The van der Waals surface area contributed by atoms with Gasteiger partial charge in [0.2, 0.25) is 0 Å². The lowest BCUT2D eigenvalue weighted by Gasteiger charge is -2.20. The maximum absolute atomic E-state index is 6.09. The van der Waals surface area contributed by atoms with Crippen molar-refractivity contribution in [3.63, 3.8) is 0 Å². The number of benzene rings is 1. The molecule has 0 radical (unpaired) electrons. The first kappa shape index (κ1) is 15.3. The normalized spacial score (nSPS) is 11.5. The van der Waals surface area contributed by atoms with Gasteiger partial charge >= 0.3 is 0 Å². The first-order valence-corrected chi connectivity index (χ1v) is 7.21. The van der Waals surface area contributed by atoms with Crippen LogP contribution in [0.15, 0.2) is 24.3 Å². The monoisotopic (exact) mass is 285 g/mol. The summed E-state index contributed by atoms with van der Waals surface area (Å²) in [5, 5.41) is 0. The number of hydrogen-bond donors (Lipinski definition) is 1. The van der Waals surface area contributed by atoms with Gasteiger partial charge in [0.25, 0.3) is 0 Å². The van der Waals surface area contributed by atoms with Crippen molar-refractivity contribution in [2.45, 2.75) is 40.0 Å². The summed E-state index contributed by atoms with van der Waals surface area (Å²) in [6.07, 6.45) is 0. The van der Waals surface area contributed by atoms with E-state index in [-0.39, 0.29) is 5.41 Å². The van der Waals surface area contributed by atoms with Crippen LogP contribution in [0.3, 0.4) is 0 Å². The molecule has 0 spiro atoms. The maximum atomic E-state index is 6.09. The van der Waals surface area contributed by atoms with Gasteiger partial charge in [0, 0.05) is 16.5 Å². The Labute approximate surface area is 126 Å². The van der Waals surface area contributed by atoms with E-state index in [9.17, 15) is 0 Å². The van der Waals surface area contributed by atoms with Crippen LogP contribution in [-0.2, 0) is 5.41 Å². The number of nitrogen functional groups attached to an aromatic ring is 1. The SMILES string of the molecule is CCOc1ccccc1-c1nc(C(C)(C)C)nc(N)c1C. The number of aromatic nitrogens is 2. The molecule has 0 saturated carbocycles. The van der Waals surface area contributed by atoms with Gasteiger partial charge < -0.3 is 10.5 Å². The average Bonchev–Trinajstić information content (AvgIpc) is 2.42. The highest BCUT2D eigenvalue weighted by atomic mass is 16.5. The minimum absolute atomic E-state index is 0.156. The third kappa shape index (κ3) is 3.15. The van der Waals surface area contributed by atoms with E-state index >= 15 is 0 Å². The fourth-order valence-corrected chi connectivity index (χ4v) is 2.08. The third-order valence-electron chi connectivity index (χ3n) is 3.30. The molecule has 0 unspecified atom stereocenters. The summed E-state index contributed by atoms with van der Waals surface area (Å²) >= 11 is 0. The summed E-state index contributed by atoms with van der Waals surface area (Å²) in [7, 11) is 0. The van der Waals surface area contributed by atoms with Crippen molar-refractivity contribution in [1.29, 1.82) is 0 Å². The minimum Gasteiger partial charge on any atom is -0.493 e. The highest BCUT2D eigenvalue weighted by Crippen LogP contribution is 2.33. The molecule has 1 aromatic heterocycles. The molecule has 21 heavy (non-hydrogen) atoms. The number of ether oxygens (including phenoxy) is 1. The molecular weight excluding hydrogens is 262 g/mol. The molecule has 0 aliphatic heterocycles. The van der Waals surface area contributed by atoms with Crippen LogP contribution in [0.25, 0.3) is 11.3 Å². The Kier molecular flexibility index (Phi) is 4.16. The molecule has 0 saturated heterocycles. The van der Waals surface area contributed by atoms with Crippen molar-refractivity contribution in [1.82, 2.24) is 9.97 Å². The summed E-state index contributed by atoms with van der Waals surface area (Å²) in [5.74, 6) is 2.09. The molecule has 4 heteroatoms. The highest BCUT2D eigenvalue weighted by Gasteiger charge is 2.22. The van der Waals surface area contributed by atoms with E-state index < -0.39 is 0 Å². The van der Waals surface area contributed by atoms with Crippen LogP contribution in [0.4, 0.5) is 5.82 Å². The molecule has 112 valence electrons. The zero-order chi connectivity index (χ0) is 15.6. The molecule has 1 aromatic carbocycles. The lowest BCUT2D eigenvalue weighted by molar-refractivity contribution is 0.341. The largest absolute Gasteiger partial charge is 0.493 e. The van der Waals surface area contributed by atoms with E-state index in [0.717, 1.165) is 28.4 Å². The van der Waals surface area contributed by atoms with Crippen LogP contribution < -0.4 is 10.5 Å². The van der Waals surface area contributed by atoms with E-state index in [4.69, 9.17) is 15.5 Å². The van der Waals surface area contributed by atoms with Crippen molar-refractivity contribution in [2.24, 2.45) is 0 Å². The van der Waals surface area contributed by atoms with Gasteiger partial charge in [-0.2, -0.15) is 0 Å². The van der Waals surface area contributed by atoms with Gasteiger partial charge in [0.15, 0.2) is 0 Å². The zero-order valence-corrected chi connectivity index (χ0v) is 13.4. The lowest BCUT2D eigenvalue weighted by Crippen LogP contribution is -2.18. The van der Waals surface area contributed by atoms with Crippen molar-refractivity contribution < 1.29 is 4.74 Å². The molecule has 0 bridgehead atoms. The third-order valence-corrected chi connectivity index (χ3v) is 3.30. The predicted molar refractivity (Wildman–Crippen MR) is 86.5 cm³/mol. The molecule has 0 fully saturated rings. The van der Waals surface area contributed by atoms with Gasteiger partial charge in [-0.1, -0.05) is 32.9 Å². The molecule has 0 aliphatic rings. The second-order valence-corrected chi connectivity index (χ2v) is 6.09. The van der Waals surface area contributed by atoms with E-state index in [1.807, 2.05) is 38.1 Å². The Balaban J connectivity index is 2.66. The maximum Gasteiger partial charge on any atom is 0.136 e. The van der Waals surface area contributed by atoms with Crippen molar-refractivity contribution in [3.8, 4) is 17.0 Å². The standard InChI is InChI=1S/C17H23N3O/c1-6-21-13-10-8-7-9-12(13)14-11(2)15(18)20-16(19-14)17(3,4)5/h7-10H,6H2,1-5H3,(H2,18,19,20). The van der Waals surface area contributed by atoms with Gasteiger partial charge in [0.05, 0.1) is 12.3 Å². The first-order valence-electron chi connectivity index (χ1n) is 7.21. The van der Waals surface area contributed by atoms with E-state index in [2.05, 4.69) is 25.8 Å². The van der Waals surface area contributed by atoms with Gasteiger partial charge in [-0.25, -0.2) is 9.97 Å². The van der Waals surface area contributed by atoms with Gasteiger partial charge in [-0.05, 0) is 26.0 Å². The van der Waals surface area contributed by atoms with Crippen LogP contribution in [-0.4, -0.2) is 16.6 Å². The second kappa shape index (κ2) is 5.72. The number of rotatable bonds is 3. The Hall–Kier alpha value is -2.10. The molecule has 0 amide bonds. The van der Waals surface area contributed by atoms with E-state index in [1.54, 1.807) is 0 Å². The molecule has 2 aromatic rings. The molecule has 0 atom stereocenters. The Morgan fingerprint density at radius 1 is 1.14 bits per heavy atom. The number of anilines is 1. The smallest absolute Gasteiger partial charge is 0.136 e. The fraction of sp³-hybridized carbons (Fsp3) is 0.412. The van der Waals surface area contributed by atoms with Gasteiger partial charge in [-0.15, -0.1) is 0 Å². The van der Waals surface area contributed by atoms with Crippen LogP contribution in [0.2, 0.25) is 0 Å². The molecular formula is C17H23N3O. The minimum atomic E-state index is -0.156. The van der Waals surface area contributed by atoms with Crippen LogP contribution in [0.1, 0.15) is 39.1 Å². The highest BCUT2D eigenvalue weighted by molar-refractivity contribution is 5.72. The predicted octanol–water partition coefficient (Wildman–Crippen LogP) is 3.73. The summed E-state index contributed by atoms with van der Waals surface area (Å²) in [6, 6.07) is 7.89. The fourth-order valence-electron chi connectivity index (χ4n) is 2.08. The quantitative estimate of drug-likeness (QED) is 0.933. The van der Waals surface area contributed by atoms with E-state index in [0.29, 0.717) is 12.4 Å². The summed E-state index contributed by atoms with van der Waals surface area (Å²) < 4.78 is 5.71.